The third-order valence-corrected chi connectivity index (χ3v) is 25.9. The van der Waals surface area contributed by atoms with Crippen molar-refractivity contribution in [1.82, 2.24) is 48.9 Å². The van der Waals surface area contributed by atoms with Gasteiger partial charge in [0, 0.05) is 50.8 Å². The van der Waals surface area contributed by atoms with Crippen LogP contribution in [-0.2, 0) is 113 Å². The minimum atomic E-state index is -0.886. The number of hydrogen-bond acceptors (Lipinski definition) is 15. The molecule has 5 aromatic heterocycles. The Balaban J connectivity index is 0.000000167. The van der Waals surface area contributed by atoms with Crippen LogP contribution in [0, 0.1) is 5.82 Å². The summed E-state index contributed by atoms with van der Waals surface area (Å²) in [6, 6.07) is 85.0. The van der Waals surface area contributed by atoms with E-state index in [0.29, 0.717) is 83.6 Å². The Morgan fingerprint density at radius 3 is 0.793 bits per heavy atom. The zero-order chi connectivity index (χ0) is 102. The number of rotatable bonds is 35. The second-order valence-electron chi connectivity index (χ2n) is 35.7. The first kappa shape index (κ1) is 109. The number of halogens is 10. The Morgan fingerprint density at radius 2 is 0.500 bits per heavy atom. The molecule has 730 valence electrons. The molecule has 0 bridgehead atoms. The van der Waals surface area contributed by atoms with Gasteiger partial charge in [0.15, 0.2) is 28.9 Å². The van der Waals surface area contributed by atoms with Crippen LogP contribution >= 0.6 is 104 Å². The minimum absolute atomic E-state index is 0.0101. The molecular formula is C110H110Cl9FN10O10. The zero-order valence-corrected chi connectivity index (χ0v) is 87.2. The SMILES string of the molecule is CC(=O)C(C)(C)OCc1cc(-c2ccc(Cl)cc2)n(Cc2ccc(Cl)cc2)n1.CC(=O)C(C)(C)OCc1cc(-c2ccc(Cl)cc2)n(Cc2ccc(Cl)cc2Cl)n1.CC(=O)C(C)(C)OCc1cc(-c2ccc(Cl)cc2)n(Cc2ccccc2Cl)n1.CC(=O)C(C)(C)OCc1cc(-c2ccc(F)cc2)n(Cc2ccccc2Cl)n1.CC(=O)C(C)(C)OCc1cc(-c2ccccc2)n(Cc2cccc(Cl)c2)n1. The van der Waals surface area contributed by atoms with Gasteiger partial charge in [0.05, 0.1) is 123 Å². The molecule has 0 saturated carbocycles. The van der Waals surface area contributed by atoms with E-state index in [1.165, 1.54) is 46.8 Å². The first-order valence-corrected chi connectivity index (χ1v) is 48.2. The third kappa shape index (κ3) is 31.7. The van der Waals surface area contributed by atoms with Gasteiger partial charge >= 0.3 is 0 Å². The molecule has 0 aliphatic carbocycles. The first-order chi connectivity index (χ1) is 66.3. The molecule has 0 aliphatic rings. The van der Waals surface area contributed by atoms with Crippen LogP contribution in [0.3, 0.4) is 0 Å². The van der Waals surface area contributed by atoms with Gasteiger partial charge in [-0.1, -0.05) is 238 Å². The molecule has 0 atom stereocenters. The Hall–Kier alpha value is -11.1. The number of ether oxygens (including phenoxy) is 5. The molecule has 0 fully saturated rings. The van der Waals surface area contributed by atoms with E-state index in [-0.39, 0.29) is 67.8 Å². The second-order valence-corrected chi connectivity index (χ2v) is 39.6. The lowest BCUT2D eigenvalue weighted by atomic mass is 10.1. The molecule has 0 aliphatic heterocycles. The lowest BCUT2D eigenvalue weighted by molar-refractivity contribution is -0.140. The van der Waals surface area contributed by atoms with Gasteiger partial charge in [0.1, 0.15) is 33.8 Å². The van der Waals surface area contributed by atoms with E-state index in [2.05, 4.69) is 22.3 Å². The highest BCUT2D eigenvalue weighted by Gasteiger charge is 2.31. The van der Waals surface area contributed by atoms with Crippen LogP contribution in [0.25, 0.3) is 56.3 Å². The van der Waals surface area contributed by atoms with Gasteiger partial charge in [-0.3, -0.25) is 47.4 Å². The Labute approximate surface area is 861 Å². The summed E-state index contributed by atoms with van der Waals surface area (Å²) in [5.74, 6) is -0.451. The van der Waals surface area contributed by atoms with E-state index in [1.54, 1.807) is 93.5 Å². The monoisotopic (exact) mass is 2060 g/mol. The van der Waals surface area contributed by atoms with Crippen LogP contribution in [0.5, 0.6) is 0 Å². The summed E-state index contributed by atoms with van der Waals surface area (Å²) in [4.78, 5) is 58.5. The van der Waals surface area contributed by atoms with Crippen molar-refractivity contribution in [2.75, 3.05) is 0 Å². The molecular weight excluding hydrogens is 1960 g/mol. The van der Waals surface area contributed by atoms with Crippen LogP contribution in [0.2, 0.25) is 45.2 Å². The van der Waals surface area contributed by atoms with Crippen molar-refractivity contribution in [2.24, 2.45) is 0 Å². The van der Waals surface area contributed by atoms with Crippen LogP contribution in [-0.4, -0.2) is 106 Å². The topological polar surface area (TPSA) is 221 Å². The number of benzene rings is 10. The molecule has 10 aromatic carbocycles. The fraction of sp³-hybridized carbons (Fsp3) is 0.273. The quantitative estimate of drug-likeness (QED) is 0.0360. The largest absolute Gasteiger partial charge is 0.361 e. The summed E-state index contributed by atoms with van der Waals surface area (Å²) in [5.41, 5.74) is 13.8. The highest BCUT2D eigenvalue weighted by molar-refractivity contribution is 6.35. The molecule has 0 unspecified atom stereocenters. The summed E-state index contributed by atoms with van der Waals surface area (Å²) < 4.78 is 51.7. The zero-order valence-electron chi connectivity index (χ0n) is 80.4. The van der Waals surface area contributed by atoms with E-state index in [1.807, 2.05) is 248 Å². The standard InChI is InChI=1S/C22H21Cl3N2O2.2C22H22Cl2N2O2.C22H22ClFN2O2.C22H23ClN2O2/c1-14(28)22(2,3)29-13-19-11-21(15-4-7-17(23)8-5-15)27(26-19)12-16-6-9-18(24)10-20(16)25;1-15(27)22(2,3)28-14-20-12-21(17-6-10-19(24)11-7-17)26(25-20)13-16-4-8-18(23)9-5-16;1-15(27)22(2,3)28-14-19-12-21(16-8-10-18(23)11-9-16)26(25-19)13-17-6-4-5-7-20(17)24;1-15(27)22(2,3)28-14-19-12-21(16-8-10-18(24)11-9-16)26(25-19)13-17-6-4-5-7-20(17)23;1-16(26)22(2,3)27-15-20-13-21(18-9-5-4-6-10-18)25(24-20)14-17-8-7-11-19(23)12-17/h4-11H,12-13H2,1-3H3;3*4-12H,13-14H2,1-3H3;4-13H,14-15H2,1-3H3. The molecule has 30 heteroatoms. The van der Waals surface area contributed by atoms with Gasteiger partial charge in [0.2, 0.25) is 0 Å². The number of aromatic nitrogens is 10. The molecule has 5 heterocycles. The molecule has 0 amide bonds. The second kappa shape index (κ2) is 49.6. The summed E-state index contributed by atoms with van der Waals surface area (Å²) in [7, 11) is 0. The van der Waals surface area contributed by atoms with Gasteiger partial charge in [-0.15, -0.1) is 0 Å². The number of Topliss-reactive ketones (excluding diaryl/α,β-unsaturated/α-hetero) is 5. The summed E-state index contributed by atoms with van der Waals surface area (Å²) in [5, 5.41) is 29.3. The molecule has 15 rings (SSSR count). The van der Waals surface area contributed by atoms with Crippen molar-refractivity contribution in [3.05, 3.63) is 380 Å². The van der Waals surface area contributed by atoms with Gasteiger partial charge in [0.25, 0.3) is 0 Å². The predicted octanol–water partition coefficient (Wildman–Crippen LogP) is 28.4. The lowest BCUT2D eigenvalue weighted by Crippen LogP contribution is -2.32. The fourth-order valence-electron chi connectivity index (χ4n) is 13.3. The van der Waals surface area contributed by atoms with E-state index in [0.717, 1.165) is 107 Å². The maximum atomic E-state index is 13.3. The number of carbonyl (C=O) groups excluding carboxylic acids is 5. The predicted molar refractivity (Wildman–Crippen MR) is 559 cm³/mol. The normalized spacial score (nSPS) is 11.6. The Kier molecular flexibility index (Phi) is 38.7. The van der Waals surface area contributed by atoms with Crippen molar-refractivity contribution >= 4 is 133 Å². The van der Waals surface area contributed by atoms with E-state index in [9.17, 15) is 28.4 Å². The van der Waals surface area contributed by atoms with E-state index < -0.39 is 28.0 Å². The maximum Gasteiger partial charge on any atom is 0.161 e. The Bertz CT molecular complexity index is 6590. The molecule has 20 nitrogen and oxygen atoms in total. The van der Waals surface area contributed by atoms with Crippen molar-refractivity contribution in [3.8, 4) is 56.3 Å². The number of hydrogen-bond donors (Lipinski definition) is 0. The molecule has 0 spiro atoms. The number of carbonyl (C=O) groups is 5. The van der Waals surface area contributed by atoms with Gasteiger partial charge in [-0.25, -0.2) is 4.39 Å². The Morgan fingerprint density at radius 1 is 0.250 bits per heavy atom. The van der Waals surface area contributed by atoms with Crippen LogP contribution in [0.4, 0.5) is 4.39 Å². The summed E-state index contributed by atoms with van der Waals surface area (Å²) in [6.07, 6.45) is 0. The van der Waals surface area contributed by atoms with Gasteiger partial charge in [-0.2, -0.15) is 25.5 Å². The summed E-state index contributed by atoms with van der Waals surface area (Å²) in [6.45, 7) is 29.0. The van der Waals surface area contributed by atoms with E-state index in [4.69, 9.17) is 143 Å². The average Bonchev–Trinajstić information content (AvgIpc) is 1.65. The number of nitrogens with zero attached hydrogens (tertiary/aromatic N) is 10. The van der Waals surface area contributed by atoms with Crippen LogP contribution in [0.1, 0.15) is 160 Å². The highest BCUT2D eigenvalue weighted by Crippen LogP contribution is 2.35. The van der Waals surface area contributed by atoms with Crippen molar-refractivity contribution in [2.45, 2.75) is 198 Å². The first-order valence-electron chi connectivity index (χ1n) is 44.8. The molecule has 0 N–H and O–H groups in total. The molecule has 15 aromatic rings. The highest BCUT2D eigenvalue weighted by atomic mass is 35.5. The van der Waals surface area contributed by atoms with Gasteiger partial charge in [-0.05, 0) is 293 Å². The molecule has 140 heavy (non-hydrogen) atoms. The molecule has 0 saturated heterocycles. The smallest absolute Gasteiger partial charge is 0.161 e. The van der Waals surface area contributed by atoms with Gasteiger partial charge < -0.3 is 23.7 Å². The fourth-order valence-corrected chi connectivity index (χ4v) is 14.9. The van der Waals surface area contributed by atoms with Crippen LogP contribution < -0.4 is 0 Å². The number of ketones is 5. The van der Waals surface area contributed by atoms with Crippen molar-refractivity contribution in [1.29, 1.82) is 0 Å². The van der Waals surface area contributed by atoms with E-state index >= 15 is 0 Å². The minimum Gasteiger partial charge on any atom is -0.361 e. The van der Waals surface area contributed by atoms with Crippen LogP contribution in [0.15, 0.2) is 273 Å². The summed E-state index contributed by atoms with van der Waals surface area (Å²) >= 11 is 55.2. The average molecular weight is 2070 g/mol. The third-order valence-electron chi connectivity index (χ3n) is 23.3. The van der Waals surface area contributed by atoms with Crippen molar-refractivity contribution < 1.29 is 52.0 Å². The lowest BCUT2D eigenvalue weighted by Gasteiger charge is -2.21. The maximum absolute atomic E-state index is 13.3. The molecule has 0 radical (unpaired) electrons. The van der Waals surface area contributed by atoms with Crippen molar-refractivity contribution in [3.63, 3.8) is 0 Å².